The maximum Gasteiger partial charge on any atom is 0.331 e. The fourth-order valence-electron chi connectivity index (χ4n) is 3.14. The van der Waals surface area contributed by atoms with Gasteiger partial charge in [-0.05, 0) is 42.8 Å². The zero-order valence-electron chi connectivity index (χ0n) is 15.8. The van der Waals surface area contributed by atoms with Crippen LogP contribution in [-0.2, 0) is 22.7 Å². The molecule has 0 unspecified atom stereocenters. The van der Waals surface area contributed by atoms with Crippen molar-refractivity contribution in [2.24, 2.45) is 0 Å². The average Bonchev–Trinajstić information content (AvgIpc) is 3.36. The maximum atomic E-state index is 12.8. The summed E-state index contributed by atoms with van der Waals surface area (Å²) in [4.78, 5) is 38.2. The Morgan fingerprint density at radius 3 is 2.52 bits per heavy atom. The molecule has 29 heavy (non-hydrogen) atoms. The molecule has 1 saturated heterocycles. The topological polar surface area (TPSA) is 84.6 Å². The first-order valence-corrected chi connectivity index (χ1v) is 9.13. The molecule has 4 rings (SSSR count). The van der Waals surface area contributed by atoms with Gasteiger partial charge >= 0.3 is 6.03 Å². The third-order valence-electron chi connectivity index (χ3n) is 4.71. The van der Waals surface area contributed by atoms with Gasteiger partial charge in [-0.25, -0.2) is 4.79 Å². The summed E-state index contributed by atoms with van der Waals surface area (Å²) in [5, 5.41) is 2.22. The number of nitrogens with zero attached hydrogens (tertiary/aromatic N) is 2. The number of furan rings is 1. The summed E-state index contributed by atoms with van der Waals surface area (Å²) >= 11 is 0. The van der Waals surface area contributed by atoms with Gasteiger partial charge in [-0.1, -0.05) is 29.8 Å². The average molecular weight is 389 g/mol. The number of hydrogen-bond acceptors (Lipinski definition) is 4. The molecule has 3 aromatic rings. The van der Waals surface area contributed by atoms with Crippen LogP contribution in [-0.4, -0.2) is 27.3 Å². The Labute approximate surface area is 167 Å². The van der Waals surface area contributed by atoms with Crippen LogP contribution in [0.25, 0.3) is 6.08 Å². The highest BCUT2D eigenvalue weighted by Crippen LogP contribution is 2.18. The van der Waals surface area contributed by atoms with Crippen LogP contribution >= 0.6 is 0 Å². The Bertz CT molecular complexity index is 1090. The van der Waals surface area contributed by atoms with Crippen LogP contribution in [0.5, 0.6) is 0 Å². The SMILES string of the molecule is Cc1ccc(Cn2cccc2/C=C2/C(=O)NC(=O)N(Cc3ccco3)C2=O)cc1. The van der Waals surface area contributed by atoms with E-state index in [0.29, 0.717) is 18.0 Å². The van der Waals surface area contributed by atoms with Gasteiger partial charge in [0, 0.05) is 18.4 Å². The van der Waals surface area contributed by atoms with Crippen LogP contribution in [0.15, 0.2) is 71.0 Å². The highest BCUT2D eigenvalue weighted by Gasteiger charge is 2.36. The van der Waals surface area contributed by atoms with Crippen molar-refractivity contribution in [3.8, 4) is 0 Å². The first-order chi connectivity index (χ1) is 14.0. The predicted molar refractivity (Wildman–Crippen MR) is 105 cm³/mol. The van der Waals surface area contributed by atoms with Gasteiger partial charge in [-0.2, -0.15) is 0 Å². The quantitative estimate of drug-likeness (QED) is 0.537. The molecule has 0 aliphatic carbocycles. The second kappa shape index (κ2) is 7.63. The molecule has 0 bridgehead atoms. The monoisotopic (exact) mass is 389 g/mol. The van der Waals surface area contributed by atoms with E-state index in [4.69, 9.17) is 4.42 Å². The van der Waals surface area contributed by atoms with Crippen molar-refractivity contribution < 1.29 is 18.8 Å². The lowest BCUT2D eigenvalue weighted by Crippen LogP contribution is -2.53. The second-order valence-electron chi connectivity index (χ2n) is 6.83. The van der Waals surface area contributed by atoms with Gasteiger partial charge in [0.15, 0.2) is 0 Å². The second-order valence-corrected chi connectivity index (χ2v) is 6.83. The zero-order chi connectivity index (χ0) is 20.4. The van der Waals surface area contributed by atoms with E-state index in [9.17, 15) is 14.4 Å². The Kier molecular flexibility index (Phi) is 4.87. The molecule has 1 aliphatic heterocycles. The van der Waals surface area contributed by atoms with Gasteiger partial charge in [0.2, 0.25) is 0 Å². The number of rotatable bonds is 5. The minimum Gasteiger partial charge on any atom is -0.467 e. The van der Waals surface area contributed by atoms with E-state index in [1.54, 1.807) is 12.1 Å². The number of amides is 4. The van der Waals surface area contributed by atoms with Crippen molar-refractivity contribution in [1.82, 2.24) is 14.8 Å². The highest BCUT2D eigenvalue weighted by molar-refractivity contribution is 6.30. The van der Waals surface area contributed by atoms with Crippen LogP contribution < -0.4 is 5.32 Å². The van der Waals surface area contributed by atoms with E-state index in [-0.39, 0.29) is 12.1 Å². The van der Waals surface area contributed by atoms with E-state index >= 15 is 0 Å². The molecule has 1 aromatic carbocycles. The van der Waals surface area contributed by atoms with Gasteiger partial charge in [0.05, 0.1) is 12.8 Å². The summed E-state index contributed by atoms with van der Waals surface area (Å²) in [6.45, 7) is 2.57. The molecule has 0 atom stereocenters. The number of carbonyl (C=O) groups is 3. The van der Waals surface area contributed by atoms with Crippen molar-refractivity contribution in [1.29, 1.82) is 0 Å². The first kappa shape index (κ1) is 18.5. The summed E-state index contributed by atoms with van der Waals surface area (Å²) in [5.41, 5.74) is 2.87. The van der Waals surface area contributed by atoms with E-state index in [1.807, 2.05) is 54.1 Å². The van der Waals surface area contributed by atoms with Gasteiger partial charge < -0.3 is 8.98 Å². The van der Waals surface area contributed by atoms with Crippen LogP contribution in [0.2, 0.25) is 0 Å². The molecule has 0 radical (unpaired) electrons. The molecule has 1 fully saturated rings. The molecular formula is C22H19N3O4. The third-order valence-corrected chi connectivity index (χ3v) is 4.71. The fraction of sp³-hybridized carbons (Fsp3) is 0.136. The lowest BCUT2D eigenvalue weighted by molar-refractivity contribution is -0.130. The minimum atomic E-state index is -0.761. The van der Waals surface area contributed by atoms with Crippen LogP contribution in [0.4, 0.5) is 4.79 Å². The zero-order valence-corrected chi connectivity index (χ0v) is 15.8. The highest BCUT2D eigenvalue weighted by atomic mass is 16.3. The largest absolute Gasteiger partial charge is 0.467 e. The Balaban J connectivity index is 1.60. The number of imide groups is 2. The van der Waals surface area contributed by atoms with Crippen molar-refractivity contribution in [3.05, 3.63) is 89.1 Å². The van der Waals surface area contributed by atoms with E-state index in [0.717, 1.165) is 10.5 Å². The molecule has 4 amide bonds. The summed E-state index contributed by atoms with van der Waals surface area (Å²) in [7, 11) is 0. The number of aryl methyl sites for hydroxylation is 1. The van der Waals surface area contributed by atoms with E-state index in [1.165, 1.54) is 17.9 Å². The molecule has 2 aromatic heterocycles. The molecular weight excluding hydrogens is 370 g/mol. The minimum absolute atomic E-state index is 0.0489. The van der Waals surface area contributed by atoms with Gasteiger partial charge in [0.25, 0.3) is 11.8 Å². The molecule has 1 aliphatic rings. The van der Waals surface area contributed by atoms with Crippen LogP contribution in [0, 0.1) is 6.92 Å². The first-order valence-electron chi connectivity index (χ1n) is 9.13. The Morgan fingerprint density at radius 2 is 1.79 bits per heavy atom. The molecule has 7 heteroatoms. The standard InChI is InChI=1S/C22H19N3O4/c1-15-6-8-16(9-7-15)13-24-10-2-4-17(24)12-19-20(26)23-22(28)25(21(19)27)14-18-5-3-11-29-18/h2-12H,13-14H2,1H3,(H,23,26,28)/b19-12-. The smallest absolute Gasteiger partial charge is 0.331 e. The van der Waals surface area contributed by atoms with Gasteiger partial charge in [0.1, 0.15) is 11.3 Å². The Hall–Kier alpha value is -3.87. The molecule has 3 heterocycles. The Morgan fingerprint density at radius 1 is 1.00 bits per heavy atom. The summed E-state index contributed by atoms with van der Waals surface area (Å²) in [6, 6.07) is 14.4. The number of nitrogens with one attached hydrogen (secondary N) is 1. The lowest BCUT2D eigenvalue weighted by Gasteiger charge is -2.25. The summed E-state index contributed by atoms with van der Waals surface area (Å²) in [6.07, 6.45) is 4.85. The molecule has 146 valence electrons. The van der Waals surface area contributed by atoms with E-state index in [2.05, 4.69) is 5.32 Å². The normalized spacial score (nSPS) is 15.8. The summed E-state index contributed by atoms with van der Waals surface area (Å²) in [5.74, 6) is -0.915. The van der Waals surface area contributed by atoms with Crippen molar-refractivity contribution in [2.75, 3.05) is 0 Å². The molecule has 0 saturated carbocycles. The van der Waals surface area contributed by atoms with E-state index < -0.39 is 17.8 Å². The molecule has 1 N–H and O–H groups in total. The van der Waals surface area contributed by atoms with Crippen molar-refractivity contribution in [3.63, 3.8) is 0 Å². The number of aromatic nitrogens is 1. The molecule has 7 nitrogen and oxygen atoms in total. The molecule has 0 spiro atoms. The van der Waals surface area contributed by atoms with Crippen molar-refractivity contribution in [2.45, 2.75) is 20.0 Å². The predicted octanol–water partition coefficient (Wildman–Crippen LogP) is 3.10. The van der Waals surface area contributed by atoms with Gasteiger partial charge in [-0.3, -0.25) is 19.8 Å². The lowest BCUT2D eigenvalue weighted by atomic mass is 10.1. The van der Waals surface area contributed by atoms with Crippen LogP contribution in [0.1, 0.15) is 22.6 Å². The fourth-order valence-corrected chi connectivity index (χ4v) is 3.14. The number of barbiturate groups is 1. The van der Waals surface area contributed by atoms with Gasteiger partial charge in [-0.15, -0.1) is 0 Å². The number of carbonyl (C=O) groups excluding carboxylic acids is 3. The van der Waals surface area contributed by atoms with Crippen molar-refractivity contribution >= 4 is 23.9 Å². The number of hydrogen-bond donors (Lipinski definition) is 1. The maximum absolute atomic E-state index is 12.8. The third kappa shape index (κ3) is 3.89. The summed E-state index contributed by atoms with van der Waals surface area (Å²) < 4.78 is 7.15. The number of urea groups is 1. The number of benzene rings is 1. The van der Waals surface area contributed by atoms with Crippen LogP contribution in [0.3, 0.4) is 0 Å².